The molecule has 1 heterocycles. The van der Waals surface area contributed by atoms with Crippen molar-refractivity contribution in [2.75, 3.05) is 19.8 Å². The van der Waals surface area contributed by atoms with Crippen molar-refractivity contribution < 1.29 is 9.66 Å². The van der Waals surface area contributed by atoms with Crippen LogP contribution in [-0.2, 0) is 11.3 Å². The Labute approximate surface area is 119 Å². The van der Waals surface area contributed by atoms with Gasteiger partial charge >= 0.3 is 0 Å². The minimum Gasteiger partial charge on any atom is -0.380 e. The molecule has 0 aliphatic heterocycles. The zero-order chi connectivity index (χ0) is 15.1. The fraction of sp³-hybridized carbons (Fsp3) is 0.643. The lowest BCUT2D eigenvalue weighted by Crippen LogP contribution is -2.21. The van der Waals surface area contributed by atoms with Crippen molar-refractivity contribution in [2.24, 2.45) is 5.92 Å². The minimum absolute atomic E-state index is 0.160. The van der Waals surface area contributed by atoms with Gasteiger partial charge in [0.15, 0.2) is 0 Å². The van der Waals surface area contributed by atoms with Crippen LogP contribution in [0.4, 0.5) is 5.69 Å². The molecule has 112 valence electrons. The molecular formula is C14H23N3O3. The number of hydrogen-bond acceptors (Lipinski definition) is 5. The summed E-state index contributed by atoms with van der Waals surface area (Å²) in [5.41, 5.74) is 2.10. The van der Waals surface area contributed by atoms with Gasteiger partial charge in [-0.15, -0.1) is 0 Å². The van der Waals surface area contributed by atoms with E-state index in [1.54, 1.807) is 20.0 Å². The molecule has 0 saturated carbocycles. The molecule has 0 fully saturated rings. The highest BCUT2D eigenvalue weighted by atomic mass is 16.6. The predicted octanol–water partition coefficient (Wildman–Crippen LogP) is 2.37. The lowest BCUT2D eigenvalue weighted by atomic mass is 10.1. The van der Waals surface area contributed by atoms with Crippen LogP contribution in [0, 0.1) is 29.9 Å². The largest absolute Gasteiger partial charge is 0.380 e. The van der Waals surface area contributed by atoms with Gasteiger partial charge in [0, 0.05) is 37.0 Å². The van der Waals surface area contributed by atoms with Crippen molar-refractivity contribution in [1.29, 1.82) is 0 Å². The SMILES string of the molecule is Cc1cnc(CNCCOCC(C)C)c(C)c1[N+](=O)[O-]. The first-order chi connectivity index (χ1) is 9.43. The fourth-order valence-electron chi connectivity index (χ4n) is 1.89. The molecule has 0 amide bonds. The van der Waals surface area contributed by atoms with Gasteiger partial charge in [-0.2, -0.15) is 0 Å². The number of aryl methyl sites for hydroxylation is 1. The molecule has 0 spiro atoms. The number of hydrogen-bond donors (Lipinski definition) is 1. The quantitative estimate of drug-likeness (QED) is 0.449. The summed E-state index contributed by atoms with van der Waals surface area (Å²) in [5.74, 6) is 0.527. The number of ether oxygens (including phenoxy) is 1. The van der Waals surface area contributed by atoms with Crippen molar-refractivity contribution in [2.45, 2.75) is 34.2 Å². The zero-order valence-corrected chi connectivity index (χ0v) is 12.6. The number of nitrogens with one attached hydrogen (secondary N) is 1. The lowest BCUT2D eigenvalue weighted by molar-refractivity contribution is -0.386. The lowest BCUT2D eigenvalue weighted by Gasteiger charge is -2.10. The van der Waals surface area contributed by atoms with E-state index in [9.17, 15) is 10.1 Å². The molecule has 1 rings (SSSR count). The summed E-state index contributed by atoms with van der Waals surface area (Å²) in [5, 5.41) is 14.2. The maximum Gasteiger partial charge on any atom is 0.278 e. The van der Waals surface area contributed by atoms with E-state index in [1.165, 1.54) is 0 Å². The highest BCUT2D eigenvalue weighted by molar-refractivity contribution is 5.47. The molecule has 1 aromatic rings. The van der Waals surface area contributed by atoms with Crippen molar-refractivity contribution in [1.82, 2.24) is 10.3 Å². The molecule has 0 atom stereocenters. The average molecular weight is 281 g/mol. The Morgan fingerprint density at radius 3 is 2.75 bits per heavy atom. The van der Waals surface area contributed by atoms with Gasteiger partial charge in [0.2, 0.25) is 0 Å². The number of nitro groups is 1. The highest BCUT2D eigenvalue weighted by Gasteiger charge is 2.18. The summed E-state index contributed by atoms with van der Waals surface area (Å²) in [6, 6.07) is 0. The summed E-state index contributed by atoms with van der Waals surface area (Å²) in [7, 11) is 0. The van der Waals surface area contributed by atoms with Crippen LogP contribution in [0.1, 0.15) is 30.7 Å². The van der Waals surface area contributed by atoms with Crippen LogP contribution >= 0.6 is 0 Å². The molecule has 0 aliphatic rings. The molecule has 0 radical (unpaired) electrons. The van der Waals surface area contributed by atoms with Gasteiger partial charge in [-0.25, -0.2) is 0 Å². The maximum atomic E-state index is 11.0. The highest BCUT2D eigenvalue weighted by Crippen LogP contribution is 2.23. The first kappa shape index (κ1) is 16.5. The van der Waals surface area contributed by atoms with Crippen LogP contribution < -0.4 is 5.32 Å². The van der Waals surface area contributed by atoms with Crippen LogP contribution in [0.3, 0.4) is 0 Å². The summed E-state index contributed by atoms with van der Waals surface area (Å²) >= 11 is 0. The number of pyridine rings is 1. The van der Waals surface area contributed by atoms with Crippen LogP contribution in [0.2, 0.25) is 0 Å². The molecule has 0 saturated heterocycles. The van der Waals surface area contributed by atoms with Crippen LogP contribution in [0.5, 0.6) is 0 Å². The second kappa shape index (κ2) is 7.91. The van der Waals surface area contributed by atoms with Gasteiger partial charge in [-0.05, 0) is 19.8 Å². The summed E-state index contributed by atoms with van der Waals surface area (Å²) in [6.45, 7) is 10.2. The second-order valence-electron chi connectivity index (χ2n) is 5.26. The third-order valence-electron chi connectivity index (χ3n) is 2.93. The first-order valence-electron chi connectivity index (χ1n) is 6.81. The summed E-state index contributed by atoms with van der Waals surface area (Å²) in [4.78, 5) is 14.9. The van der Waals surface area contributed by atoms with Crippen LogP contribution in [0.25, 0.3) is 0 Å². The van der Waals surface area contributed by atoms with Gasteiger partial charge in [-0.1, -0.05) is 13.8 Å². The molecule has 20 heavy (non-hydrogen) atoms. The molecule has 1 aromatic heterocycles. The van der Waals surface area contributed by atoms with E-state index in [4.69, 9.17) is 4.74 Å². The maximum absolute atomic E-state index is 11.0. The van der Waals surface area contributed by atoms with Crippen LogP contribution in [-0.4, -0.2) is 29.7 Å². The van der Waals surface area contributed by atoms with Crippen LogP contribution in [0.15, 0.2) is 6.20 Å². The van der Waals surface area contributed by atoms with Crippen molar-refractivity contribution in [3.63, 3.8) is 0 Å². The van der Waals surface area contributed by atoms with E-state index in [2.05, 4.69) is 24.1 Å². The van der Waals surface area contributed by atoms with E-state index in [1.807, 2.05) is 0 Å². The number of aromatic nitrogens is 1. The van der Waals surface area contributed by atoms with Gasteiger partial charge < -0.3 is 10.1 Å². The summed E-state index contributed by atoms with van der Waals surface area (Å²) in [6.07, 6.45) is 1.55. The molecule has 0 bridgehead atoms. The molecule has 6 heteroatoms. The number of rotatable bonds is 8. The monoisotopic (exact) mass is 281 g/mol. The molecule has 0 unspecified atom stereocenters. The van der Waals surface area contributed by atoms with Gasteiger partial charge in [0.05, 0.1) is 17.2 Å². The Balaban J connectivity index is 2.49. The molecule has 0 aliphatic carbocycles. The summed E-state index contributed by atoms with van der Waals surface area (Å²) < 4.78 is 5.45. The number of nitrogens with zero attached hydrogens (tertiary/aromatic N) is 2. The zero-order valence-electron chi connectivity index (χ0n) is 12.6. The molecule has 6 nitrogen and oxygen atoms in total. The Kier molecular flexibility index (Phi) is 6.54. The second-order valence-corrected chi connectivity index (χ2v) is 5.26. The van der Waals surface area contributed by atoms with Crippen molar-refractivity contribution >= 4 is 5.69 Å². The Morgan fingerprint density at radius 1 is 1.45 bits per heavy atom. The Hall–Kier alpha value is -1.53. The minimum atomic E-state index is -0.346. The van der Waals surface area contributed by atoms with Gasteiger partial charge in [0.25, 0.3) is 5.69 Å². The predicted molar refractivity (Wildman–Crippen MR) is 77.7 cm³/mol. The first-order valence-corrected chi connectivity index (χ1v) is 6.81. The van der Waals surface area contributed by atoms with E-state index in [-0.39, 0.29) is 10.6 Å². The third-order valence-corrected chi connectivity index (χ3v) is 2.93. The van der Waals surface area contributed by atoms with Crippen molar-refractivity contribution in [3.8, 4) is 0 Å². The average Bonchev–Trinajstić information content (AvgIpc) is 2.35. The topological polar surface area (TPSA) is 77.3 Å². The standard InChI is InChI=1S/C14H23N3O3/c1-10(2)9-20-6-5-15-8-13-12(4)14(17(18)19)11(3)7-16-13/h7,10,15H,5-6,8-9H2,1-4H3. The van der Waals surface area contributed by atoms with E-state index >= 15 is 0 Å². The molecule has 0 aromatic carbocycles. The van der Waals surface area contributed by atoms with Gasteiger partial charge in [-0.3, -0.25) is 15.1 Å². The van der Waals surface area contributed by atoms with E-state index in [0.29, 0.717) is 42.4 Å². The Morgan fingerprint density at radius 2 is 2.15 bits per heavy atom. The van der Waals surface area contributed by atoms with E-state index < -0.39 is 0 Å². The fourth-order valence-corrected chi connectivity index (χ4v) is 1.89. The van der Waals surface area contributed by atoms with Crippen molar-refractivity contribution in [3.05, 3.63) is 33.1 Å². The normalized spacial score (nSPS) is 11.1. The van der Waals surface area contributed by atoms with Gasteiger partial charge in [0.1, 0.15) is 0 Å². The third kappa shape index (κ3) is 4.86. The molecular weight excluding hydrogens is 258 g/mol. The molecule has 1 N–H and O–H groups in total. The van der Waals surface area contributed by atoms with E-state index in [0.717, 1.165) is 6.61 Å². The Bertz CT molecular complexity index is 461. The smallest absolute Gasteiger partial charge is 0.278 e.